The molecule has 0 radical (unpaired) electrons. The van der Waals surface area contributed by atoms with Crippen LogP contribution in [0.3, 0.4) is 0 Å². The van der Waals surface area contributed by atoms with Gasteiger partial charge in [-0.1, -0.05) is 0 Å². The molecular formula is C10H16N4O2. The van der Waals surface area contributed by atoms with Crippen molar-refractivity contribution < 1.29 is 4.74 Å². The highest BCUT2D eigenvalue weighted by Gasteiger charge is 2.31. The van der Waals surface area contributed by atoms with Crippen molar-refractivity contribution >= 4 is 5.82 Å². The standard InChI is InChI=1S/C10H16N4O2/c11-7-10(1-5-16-6-2-10)14-8-9(15)13-4-3-12-8/h3-4H,1-2,5-7,11H2,(H,12,14)(H,13,15). The van der Waals surface area contributed by atoms with Crippen LogP contribution in [0.2, 0.25) is 0 Å². The molecule has 88 valence electrons. The molecule has 6 nitrogen and oxygen atoms in total. The normalized spacial score (nSPS) is 19.3. The van der Waals surface area contributed by atoms with Crippen LogP contribution in [0.25, 0.3) is 0 Å². The first-order valence-electron chi connectivity index (χ1n) is 5.35. The van der Waals surface area contributed by atoms with Gasteiger partial charge in [-0.05, 0) is 12.8 Å². The number of aromatic amines is 1. The van der Waals surface area contributed by atoms with Crippen molar-refractivity contribution in [3.8, 4) is 0 Å². The third-order valence-electron chi connectivity index (χ3n) is 2.93. The fourth-order valence-corrected chi connectivity index (χ4v) is 1.83. The van der Waals surface area contributed by atoms with Crippen LogP contribution in [0.4, 0.5) is 5.82 Å². The fraction of sp³-hybridized carbons (Fsp3) is 0.600. The van der Waals surface area contributed by atoms with E-state index in [0.29, 0.717) is 25.6 Å². The molecule has 1 aromatic rings. The molecule has 4 N–H and O–H groups in total. The molecule has 2 heterocycles. The van der Waals surface area contributed by atoms with E-state index in [2.05, 4.69) is 15.3 Å². The Kier molecular flexibility index (Phi) is 3.21. The Bertz CT molecular complexity index is 398. The molecule has 0 aromatic carbocycles. The number of ether oxygens (including phenoxy) is 1. The van der Waals surface area contributed by atoms with Gasteiger partial charge in [0.25, 0.3) is 5.56 Å². The molecule has 1 fully saturated rings. The van der Waals surface area contributed by atoms with Gasteiger partial charge in [0.2, 0.25) is 0 Å². The van der Waals surface area contributed by atoms with E-state index in [-0.39, 0.29) is 11.1 Å². The van der Waals surface area contributed by atoms with E-state index in [0.717, 1.165) is 12.8 Å². The SMILES string of the molecule is NCC1(Nc2ncc[nH]c2=O)CCOCC1. The van der Waals surface area contributed by atoms with Gasteiger partial charge < -0.3 is 20.8 Å². The maximum Gasteiger partial charge on any atom is 0.290 e. The number of rotatable bonds is 3. The summed E-state index contributed by atoms with van der Waals surface area (Å²) >= 11 is 0. The number of hydrogen-bond donors (Lipinski definition) is 3. The molecule has 6 heteroatoms. The number of aromatic nitrogens is 2. The van der Waals surface area contributed by atoms with E-state index >= 15 is 0 Å². The number of nitrogens with one attached hydrogen (secondary N) is 2. The van der Waals surface area contributed by atoms with Crippen LogP contribution in [-0.4, -0.2) is 35.3 Å². The minimum atomic E-state index is -0.264. The van der Waals surface area contributed by atoms with Crippen LogP contribution in [0.5, 0.6) is 0 Å². The Balaban J connectivity index is 2.18. The number of nitrogens with zero attached hydrogens (tertiary/aromatic N) is 1. The van der Waals surface area contributed by atoms with Crippen molar-refractivity contribution in [2.75, 3.05) is 25.1 Å². The number of hydrogen-bond acceptors (Lipinski definition) is 5. The van der Waals surface area contributed by atoms with Crippen molar-refractivity contribution in [2.24, 2.45) is 5.73 Å². The summed E-state index contributed by atoms with van der Waals surface area (Å²) < 4.78 is 5.29. The lowest BCUT2D eigenvalue weighted by Gasteiger charge is -2.37. The Labute approximate surface area is 93.2 Å². The maximum absolute atomic E-state index is 11.5. The first-order valence-corrected chi connectivity index (χ1v) is 5.35. The molecule has 0 bridgehead atoms. The Morgan fingerprint density at radius 3 is 2.94 bits per heavy atom. The summed E-state index contributed by atoms with van der Waals surface area (Å²) in [5, 5.41) is 3.15. The molecule has 0 saturated carbocycles. The topological polar surface area (TPSA) is 93.0 Å². The van der Waals surface area contributed by atoms with Crippen LogP contribution in [0.15, 0.2) is 17.2 Å². The van der Waals surface area contributed by atoms with Gasteiger partial charge in [0, 0.05) is 32.2 Å². The third kappa shape index (κ3) is 2.23. The minimum absolute atomic E-state index is 0.221. The number of H-pyrrole nitrogens is 1. The summed E-state index contributed by atoms with van der Waals surface area (Å²) in [6, 6.07) is 0. The third-order valence-corrected chi connectivity index (χ3v) is 2.93. The highest BCUT2D eigenvalue weighted by Crippen LogP contribution is 2.22. The van der Waals surface area contributed by atoms with Crippen LogP contribution in [-0.2, 0) is 4.74 Å². The van der Waals surface area contributed by atoms with Crippen molar-refractivity contribution in [3.05, 3.63) is 22.7 Å². The summed E-state index contributed by atoms with van der Waals surface area (Å²) in [6.45, 7) is 1.79. The van der Waals surface area contributed by atoms with Crippen molar-refractivity contribution in [1.82, 2.24) is 9.97 Å². The number of nitrogens with two attached hydrogens (primary N) is 1. The molecule has 16 heavy (non-hydrogen) atoms. The molecule has 1 aliphatic heterocycles. The van der Waals surface area contributed by atoms with Crippen LogP contribution < -0.4 is 16.6 Å². The lowest BCUT2D eigenvalue weighted by atomic mass is 9.90. The highest BCUT2D eigenvalue weighted by atomic mass is 16.5. The summed E-state index contributed by atoms with van der Waals surface area (Å²) in [4.78, 5) is 18.1. The summed E-state index contributed by atoms with van der Waals surface area (Å²) in [7, 11) is 0. The molecule has 0 unspecified atom stereocenters. The predicted molar refractivity (Wildman–Crippen MR) is 60.3 cm³/mol. The molecule has 0 atom stereocenters. The lowest BCUT2D eigenvalue weighted by Crippen LogP contribution is -2.50. The van der Waals surface area contributed by atoms with Gasteiger partial charge in [0.15, 0.2) is 5.82 Å². The second-order valence-corrected chi connectivity index (χ2v) is 3.99. The molecule has 1 saturated heterocycles. The smallest absolute Gasteiger partial charge is 0.290 e. The van der Waals surface area contributed by atoms with Crippen LogP contribution >= 0.6 is 0 Å². The molecule has 2 rings (SSSR count). The van der Waals surface area contributed by atoms with Gasteiger partial charge in [0.05, 0.1) is 5.54 Å². The van der Waals surface area contributed by atoms with Gasteiger partial charge in [-0.2, -0.15) is 0 Å². The molecule has 1 aromatic heterocycles. The summed E-state index contributed by atoms with van der Waals surface area (Å²) in [5.74, 6) is 0.329. The van der Waals surface area contributed by atoms with Gasteiger partial charge in [-0.3, -0.25) is 4.79 Å². The van der Waals surface area contributed by atoms with E-state index in [1.807, 2.05) is 0 Å². The molecule has 1 aliphatic rings. The molecular weight excluding hydrogens is 208 g/mol. The minimum Gasteiger partial charge on any atom is -0.381 e. The first-order chi connectivity index (χ1) is 7.76. The fourth-order valence-electron chi connectivity index (χ4n) is 1.83. The molecule has 0 amide bonds. The zero-order valence-corrected chi connectivity index (χ0v) is 9.03. The van der Waals surface area contributed by atoms with Crippen molar-refractivity contribution in [2.45, 2.75) is 18.4 Å². The van der Waals surface area contributed by atoms with Crippen LogP contribution in [0, 0.1) is 0 Å². The zero-order chi connectivity index (χ0) is 11.4. The second kappa shape index (κ2) is 4.63. The quantitative estimate of drug-likeness (QED) is 0.655. The Hall–Kier alpha value is -1.40. The Morgan fingerprint density at radius 2 is 2.31 bits per heavy atom. The van der Waals surface area contributed by atoms with Crippen molar-refractivity contribution in [3.63, 3.8) is 0 Å². The van der Waals surface area contributed by atoms with Gasteiger partial charge >= 0.3 is 0 Å². The lowest BCUT2D eigenvalue weighted by molar-refractivity contribution is 0.0626. The van der Waals surface area contributed by atoms with E-state index in [1.165, 1.54) is 6.20 Å². The molecule has 0 spiro atoms. The van der Waals surface area contributed by atoms with Crippen LogP contribution in [0.1, 0.15) is 12.8 Å². The zero-order valence-electron chi connectivity index (χ0n) is 9.03. The average Bonchev–Trinajstić information content (AvgIpc) is 2.33. The molecule has 0 aliphatic carbocycles. The van der Waals surface area contributed by atoms with E-state index in [4.69, 9.17) is 10.5 Å². The largest absolute Gasteiger partial charge is 0.381 e. The van der Waals surface area contributed by atoms with E-state index in [1.54, 1.807) is 6.20 Å². The van der Waals surface area contributed by atoms with Gasteiger partial charge in [-0.15, -0.1) is 0 Å². The first kappa shape index (κ1) is 11.1. The van der Waals surface area contributed by atoms with Gasteiger partial charge in [0.1, 0.15) is 0 Å². The number of anilines is 1. The monoisotopic (exact) mass is 224 g/mol. The average molecular weight is 224 g/mol. The van der Waals surface area contributed by atoms with Gasteiger partial charge in [-0.25, -0.2) is 4.98 Å². The van der Waals surface area contributed by atoms with E-state index in [9.17, 15) is 4.79 Å². The summed E-state index contributed by atoms with van der Waals surface area (Å²) in [5.41, 5.74) is 5.29. The highest BCUT2D eigenvalue weighted by molar-refractivity contribution is 5.35. The van der Waals surface area contributed by atoms with Crippen molar-refractivity contribution in [1.29, 1.82) is 0 Å². The predicted octanol–water partition coefficient (Wildman–Crippen LogP) is -0.310. The Morgan fingerprint density at radius 1 is 1.56 bits per heavy atom. The van der Waals surface area contributed by atoms with E-state index < -0.39 is 0 Å². The second-order valence-electron chi connectivity index (χ2n) is 3.99. The summed E-state index contributed by atoms with van der Waals surface area (Å²) in [6.07, 6.45) is 4.64. The maximum atomic E-state index is 11.5.